The summed E-state index contributed by atoms with van der Waals surface area (Å²) in [6.07, 6.45) is 4.76. The average Bonchev–Trinajstić information content (AvgIpc) is 3.01. The van der Waals surface area contributed by atoms with Crippen molar-refractivity contribution in [1.29, 1.82) is 0 Å². The topological polar surface area (TPSA) is 12.0 Å². The first-order valence-electron chi connectivity index (χ1n) is 6.78. The summed E-state index contributed by atoms with van der Waals surface area (Å²) >= 11 is 9.55. The van der Waals surface area contributed by atoms with Crippen LogP contribution in [0, 0.1) is 0 Å². The maximum absolute atomic E-state index is 5.99. The first kappa shape index (κ1) is 15.0. The number of aryl methyl sites for hydroxylation is 1. The van der Waals surface area contributed by atoms with E-state index >= 15 is 0 Å². The van der Waals surface area contributed by atoms with Crippen LogP contribution in [0.15, 0.2) is 29.6 Å². The van der Waals surface area contributed by atoms with Crippen molar-refractivity contribution >= 4 is 34.3 Å². The van der Waals surface area contributed by atoms with Gasteiger partial charge in [-0.2, -0.15) is 0 Å². The van der Waals surface area contributed by atoms with Crippen LogP contribution in [0.5, 0.6) is 0 Å². The number of rotatable bonds is 8. The number of hydrogen-bond acceptors (Lipinski definition) is 3. The molecule has 0 spiro atoms. The predicted molar refractivity (Wildman–Crippen MR) is 87.8 cm³/mol. The molecule has 0 bridgehead atoms. The fraction of sp³-hybridized carbons (Fsp3) is 0.467. The maximum atomic E-state index is 5.99. The number of halogens is 1. The summed E-state index contributed by atoms with van der Waals surface area (Å²) in [5.41, 5.74) is 0. The minimum absolute atomic E-state index is 0.569. The second kappa shape index (κ2) is 8.05. The highest BCUT2D eigenvalue weighted by Gasteiger charge is 2.10. The number of nitrogens with one attached hydrogen (secondary N) is 1. The summed E-state index contributed by atoms with van der Waals surface area (Å²) in [7, 11) is 0. The molecule has 0 fully saturated rings. The van der Waals surface area contributed by atoms with E-state index in [0.29, 0.717) is 6.04 Å². The Morgan fingerprint density at radius 1 is 1.26 bits per heavy atom. The third-order valence-corrected chi connectivity index (χ3v) is 5.31. The Hall–Kier alpha value is -0.350. The van der Waals surface area contributed by atoms with Crippen LogP contribution in [-0.4, -0.2) is 12.6 Å². The van der Waals surface area contributed by atoms with Crippen molar-refractivity contribution in [2.24, 2.45) is 0 Å². The van der Waals surface area contributed by atoms with Crippen molar-refractivity contribution in [1.82, 2.24) is 5.32 Å². The van der Waals surface area contributed by atoms with E-state index in [2.05, 4.69) is 35.8 Å². The van der Waals surface area contributed by atoms with Gasteiger partial charge in [0.2, 0.25) is 0 Å². The highest BCUT2D eigenvalue weighted by molar-refractivity contribution is 7.16. The number of hydrogen-bond donors (Lipinski definition) is 1. The molecule has 1 atom stereocenters. The van der Waals surface area contributed by atoms with Gasteiger partial charge in [-0.3, -0.25) is 0 Å². The molecule has 0 aliphatic rings. The Kier molecular flexibility index (Phi) is 6.38. The molecule has 2 heterocycles. The fourth-order valence-corrected chi connectivity index (χ4v) is 4.17. The summed E-state index contributed by atoms with van der Waals surface area (Å²) in [5, 5.41) is 5.74. The Balaban J connectivity index is 1.78. The van der Waals surface area contributed by atoms with E-state index in [9.17, 15) is 0 Å². The Bertz CT molecular complexity index is 464. The highest BCUT2D eigenvalue weighted by atomic mass is 35.5. The second-order valence-corrected chi connectivity index (χ2v) is 7.47. The molecule has 1 unspecified atom stereocenters. The van der Waals surface area contributed by atoms with E-state index in [1.165, 1.54) is 29.0 Å². The lowest BCUT2D eigenvalue weighted by molar-refractivity contribution is 0.479. The molecular weight excluding hydrogens is 294 g/mol. The van der Waals surface area contributed by atoms with E-state index in [-0.39, 0.29) is 0 Å². The van der Waals surface area contributed by atoms with Crippen LogP contribution < -0.4 is 5.32 Å². The Morgan fingerprint density at radius 3 is 2.79 bits per heavy atom. The van der Waals surface area contributed by atoms with Crippen LogP contribution in [0.4, 0.5) is 0 Å². The average molecular weight is 314 g/mol. The zero-order valence-corrected chi connectivity index (χ0v) is 13.6. The summed E-state index contributed by atoms with van der Waals surface area (Å²) in [5.74, 6) is 0. The fourth-order valence-electron chi connectivity index (χ4n) is 2.25. The van der Waals surface area contributed by atoms with E-state index in [1.54, 1.807) is 11.3 Å². The van der Waals surface area contributed by atoms with Crippen LogP contribution in [0.1, 0.15) is 29.5 Å². The van der Waals surface area contributed by atoms with Crippen molar-refractivity contribution in [3.8, 4) is 0 Å². The molecule has 0 saturated heterocycles. The standard InChI is InChI=1S/C15H20ClNS2/c1-2-17-12(11-14-8-9-15(16)19-14)5-3-6-13-7-4-10-18-13/h4,7-10,12,17H,2-3,5-6,11H2,1H3. The largest absolute Gasteiger partial charge is 0.314 e. The van der Waals surface area contributed by atoms with Gasteiger partial charge < -0.3 is 5.32 Å². The van der Waals surface area contributed by atoms with Crippen molar-refractivity contribution < 1.29 is 0 Å². The van der Waals surface area contributed by atoms with Crippen LogP contribution in [0.25, 0.3) is 0 Å². The molecule has 0 radical (unpaired) electrons. The zero-order chi connectivity index (χ0) is 13.5. The van der Waals surface area contributed by atoms with Crippen LogP contribution in [0.2, 0.25) is 4.34 Å². The van der Waals surface area contributed by atoms with Gasteiger partial charge >= 0.3 is 0 Å². The molecule has 1 N–H and O–H groups in total. The van der Waals surface area contributed by atoms with Crippen LogP contribution >= 0.6 is 34.3 Å². The highest BCUT2D eigenvalue weighted by Crippen LogP contribution is 2.23. The van der Waals surface area contributed by atoms with Crippen molar-refractivity contribution in [3.63, 3.8) is 0 Å². The van der Waals surface area contributed by atoms with Crippen molar-refractivity contribution in [3.05, 3.63) is 43.7 Å². The molecule has 0 aliphatic carbocycles. The normalized spacial score (nSPS) is 12.7. The smallest absolute Gasteiger partial charge is 0.0931 e. The predicted octanol–water partition coefficient (Wildman–Crippen LogP) is 5.01. The first-order valence-corrected chi connectivity index (χ1v) is 8.85. The molecular formula is C15H20ClNS2. The summed E-state index contributed by atoms with van der Waals surface area (Å²) in [4.78, 5) is 2.88. The first-order chi connectivity index (χ1) is 9.28. The molecule has 2 rings (SSSR count). The molecule has 0 aliphatic heterocycles. The minimum atomic E-state index is 0.569. The third-order valence-electron chi connectivity index (χ3n) is 3.13. The van der Waals surface area contributed by atoms with Gasteiger partial charge in [0, 0.05) is 15.8 Å². The molecule has 2 aromatic heterocycles. The van der Waals surface area contributed by atoms with Gasteiger partial charge in [0.05, 0.1) is 4.34 Å². The molecule has 2 aromatic rings. The van der Waals surface area contributed by atoms with Gasteiger partial charge in [-0.15, -0.1) is 22.7 Å². The van der Waals surface area contributed by atoms with E-state index in [0.717, 1.165) is 17.3 Å². The van der Waals surface area contributed by atoms with Gasteiger partial charge in [0.15, 0.2) is 0 Å². The lowest BCUT2D eigenvalue weighted by atomic mass is 10.0. The van der Waals surface area contributed by atoms with Gasteiger partial charge in [-0.1, -0.05) is 24.6 Å². The lowest BCUT2D eigenvalue weighted by Gasteiger charge is -2.16. The second-order valence-electron chi connectivity index (χ2n) is 4.64. The molecule has 104 valence electrons. The lowest BCUT2D eigenvalue weighted by Crippen LogP contribution is -2.30. The van der Waals surface area contributed by atoms with Crippen LogP contribution in [0.3, 0.4) is 0 Å². The zero-order valence-electron chi connectivity index (χ0n) is 11.2. The van der Waals surface area contributed by atoms with E-state index < -0.39 is 0 Å². The van der Waals surface area contributed by atoms with Gasteiger partial charge in [0.1, 0.15) is 0 Å². The van der Waals surface area contributed by atoms with E-state index in [1.807, 2.05) is 17.4 Å². The molecule has 19 heavy (non-hydrogen) atoms. The van der Waals surface area contributed by atoms with Crippen molar-refractivity contribution in [2.45, 2.75) is 38.6 Å². The Labute approximate surface area is 128 Å². The van der Waals surface area contributed by atoms with E-state index in [4.69, 9.17) is 11.6 Å². The van der Waals surface area contributed by atoms with Crippen LogP contribution in [-0.2, 0) is 12.8 Å². The minimum Gasteiger partial charge on any atom is -0.314 e. The molecule has 0 aromatic carbocycles. The summed E-state index contributed by atoms with van der Waals surface area (Å²) in [6, 6.07) is 9.08. The van der Waals surface area contributed by atoms with Gasteiger partial charge in [-0.05, 0) is 55.8 Å². The summed E-state index contributed by atoms with van der Waals surface area (Å²) < 4.78 is 0.892. The Morgan fingerprint density at radius 2 is 2.16 bits per heavy atom. The number of likely N-dealkylation sites (N-methyl/N-ethyl adjacent to an activating group) is 1. The SMILES string of the molecule is CCNC(CCCc1cccs1)Cc1ccc(Cl)s1. The molecule has 4 heteroatoms. The van der Waals surface area contributed by atoms with Crippen molar-refractivity contribution in [2.75, 3.05) is 6.54 Å². The van der Waals surface area contributed by atoms with Gasteiger partial charge in [0.25, 0.3) is 0 Å². The third kappa shape index (κ3) is 5.27. The van der Waals surface area contributed by atoms with Gasteiger partial charge in [-0.25, -0.2) is 0 Å². The number of thiophene rings is 2. The molecule has 0 saturated carbocycles. The molecule has 1 nitrogen and oxygen atoms in total. The summed E-state index contributed by atoms with van der Waals surface area (Å²) in [6.45, 7) is 3.20. The quantitative estimate of drug-likeness (QED) is 0.722. The molecule has 0 amide bonds. The maximum Gasteiger partial charge on any atom is 0.0931 e. The monoisotopic (exact) mass is 313 g/mol.